The molecule has 6 nitrogen and oxygen atoms in total. The van der Waals surface area contributed by atoms with E-state index in [1.165, 1.54) is 0 Å². The molecule has 0 spiro atoms. The molecule has 0 fully saturated rings. The number of carboxylic acids is 1. The lowest BCUT2D eigenvalue weighted by Gasteiger charge is -2.59. The second-order valence-electron chi connectivity index (χ2n) is 9.00. The summed E-state index contributed by atoms with van der Waals surface area (Å²) in [5.74, 6) is -0.893. The first-order chi connectivity index (χ1) is 16.0. The standard InChI is InChI=1S/C26H30ClNO5S/c1-17-7-8-20(23(14-26(29)30)19-9-11-22(27)12-10-19)13-21(17)16-34(31,32)25-6-4-3-5-24(25)33-18(2)15-28-34/h3-13,18,23,28,31-32,34H,14-16H2,1-2H3,(H,29,30)/t18-,23?/m1/s1. The van der Waals surface area contributed by atoms with Crippen molar-refractivity contribution in [2.45, 2.75) is 42.9 Å². The number of carbonyl (C=O) groups is 1. The molecule has 0 saturated carbocycles. The molecule has 182 valence electrons. The molecule has 1 aliphatic heterocycles. The number of carboxylic acid groups (broad SMARTS) is 1. The predicted octanol–water partition coefficient (Wildman–Crippen LogP) is 6.12. The Hall–Kier alpha value is -2.55. The third kappa shape index (κ3) is 5.09. The van der Waals surface area contributed by atoms with Gasteiger partial charge >= 0.3 is 5.97 Å². The number of hydrogen-bond donors (Lipinski definition) is 5. The van der Waals surface area contributed by atoms with Gasteiger partial charge in [-0.3, -0.25) is 4.79 Å². The van der Waals surface area contributed by atoms with Crippen molar-refractivity contribution in [3.05, 3.63) is 94.0 Å². The van der Waals surface area contributed by atoms with Crippen LogP contribution in [0.1, 0.15) is 41.5 Å². The number of thiol groups is 1. The van der Waals surface area contributed by atoms with Crippen LogP contribution < -0.4 is 9.46 Å². The van der Waals surface area contributed by atoms with Crippen molar-refractivity contribution in [1.29, 1.82) is 0 Å². The molecule has 0 radical (unpaired) electrons. The lowest BCUT2D eigenvalue weighted by molar-refractivity contribution is -0.137. The largest absolute Gasteiger partial charge is 0.487 e. The quantitative estimate of drug-likeness (QED) is 0.260. The van der Waals surface area contributed by atoms with Crippen LogP contribution in [0.15, 0.2) is 71.6 Å². The topological polar surface area (TPSA) is 99.0 Å². The second-order valence-corrected chi connectivity index (χ2v) is 13.0. The lowest BCUT2D eigenvalue weighted by atomic mass is 9.87. The average molecular weight is 504 g/mol. The van der Waals surface area contributed by atoms with E-state index in [9.17, 15) is 19.0 Å². The molecule has 0 aromatic heterocycles. The lowest BCUT2D eigenvalue weighted by Crippen LogP contribution is -2.38. The van der Waals surface area contributed by atoms with Gasteiger partial charge in [-0.15, -0.1) is 0 Å². The summed E-state index contributed by atoms with van der Waals surface area (Å²) in [6, 6.07) is 19.8. The van der Waals surface area contributed by atoms with E-state index in [4.69, 9.17) is 16.3 Å². The monoisotopic (exact) mass is 503 g/mol. The average Bonchev–Trinajstić information content (AvgIpc) is 2.89. The van der Waals surface area contributed by atoms with Gasteiger partial charge in [0.05, 0.1) is 11.3 Å². The Labute approximate surface area is 205 Å². The molecule has 4 rings (SSSR count). The van der Waals surface area contributed by atoms with Crippen LogP contribution in [-0.2, 0) is 10.5 Å². The molecule has 0 saturated heterocycles. The fourth-order valence-electron chi connectivity index (χ4n) is 4.45. The molecule has 1 unspecified atom stereocenters. The highest BCUT2D eigenvalue weighted by Gasteiger charge is 2.37. The number of nitrogens with one attached hydrogen (secondary N) is 1. The molecule has 0 amide bonds. The van der Waals surface area contributed by atoms with Gasteiger partial charge < -0.3 is 18.9 Å². The maximum Gasteiger partial charge on any atom is 0.304 e. The number of rotatable bonds is 6. The third-order valence-electron chi connectivity index (χ3n) is 6.31. The summed E-state index contributed by atoms with van der Waals surface area (Å²) in [6.45, 7) is 4.07. The first kappa shape index (κ1) is 24.6. The Morgan fingerprint density at radius 2 is 1.79 bits per heavy atom. The Balaban J connectivity index is 1.77. The zero-order chi connectivity index (χ0) is 24.5. The highest BCUT2D eigenvalue weighted by molar-refractivity contribution is 8.38. The molecule has 3 aromatic rings. The maximum absolute atomic E-state index is 11.9. The van der Waals surface area contributed by atoms with Crippen molar-refractivity contribution >= 4 is 27.5 Å². The number of hydrogen-bond acceptors (Lipinski definition) is 5. The molecule has 8 heteroatoms. The first-order valence-corrected chi connectivity index (χ1v) is 13.8. The van der Waals surface area contributed by atoms with Crippen molar-refractivity contribution in [1.82, 2.24) is 4.72 Å². The zero-order valence-electron chi connectivity index (χ0n) is 19.1. The van der Waals surface area contributed by atoms with E-state index in [1.54, 1.807) is 30.3 Å². The molecule has 0 bridgehead atoms. The number of aliphatic carboxylic acids is 1. The number of halogens is 1. The minimum atomic E-state index is -4.61. The van der Waals surface area contributed by atoms with E-state index < -0.39 is 21.8 Å². The van der Waals surface area contributed by atoms with Crippen LogP contribution in [0.25, 0.3) is 0 Å². The summed E-state index contributed by atoms with van der Waals surface area (Å²) in [4.78, 5) is 12.0. The van der Waals surface area contributed by atoms with Gasteiger partial charge in [-0.25, -0.2) is 14.6 Å². The van der Waals surface area contributed by atoms with Gasteiger partial charge in [-0.1, -0.05) is 54.1 Å². The van der Waals surface area contributed by atoms with Crippen LogP contribution in [-0.4, -0.2) is 32.8 Å². The van der Waals surface area contributed by atoms with Crippen molar-refractivity contribution in [3.63, 3.8) is 0 Å². The van der Waals surface area contributed by atoms with Crippen LogP contribution >= 0.6 is 21.5 Å². The second kappa shape index (κ2) is 9.24. The molecule has 0 aliphatic carbocycles. The number of fused-ring (bicyclic) bond motifs is 1. The van der Waals surface area contributed by atoms with Crippen LogP contribution in [0.4, 0.5) is 0 Å². The van der Waals surface area contributed by atoms with E-state index >= 15 is 0 Å². The number of ether oxygens (including phenoxy) is 1. The van der Waals surface area contributed by atoms with Gasteiger partial charge in [-0.05, 0) is 60.4 Å². The van der Waals surface area contributed by atoms with Crippen molar-refractivity contribution in [3.8, 4) is 5.75 Å². The minimum absolute atomic E-state index is 0.0290. The summed E-state index contributed by atoms with van der Waals surface area (Å²) in [6.07, 6.45) is -0.333. The molecule has 3 aromatic carbocycles. The first-order valence-electron chi connectivity index (χ1n) is 11.1. The van der Waals surface area contributed by atoms with Gasteiger partial charge in [0, 0.05) is 23.2 Å². The van der Waals surface area contributed by atoms with E-state index in [0.717, 1.165) is 22.3 Å². The molecular weight excluding hydrogens is 474 g/mol. The maximum atomic E-state index is 11.9. The SMILES string of the molecule is Cc1ccc(C(CC(=O)O)c2ccc(Cl)cc2)cc1C[SH]1(O)(O)NC[C@@H](C)Oc2ccccc21. The normalized spacial score (nSPS) is 20.6. The van der Waals surface area contributed by atoms with Gasteiger partial charge in [0.1, 0.15) is 11.9 Å². The van der Waals surface area contributed by atoms with Crippen LogP contribution in [0, 0.1) is 6.92 Å². The Morgan fingerprint density at radius 3 is 2.50 bits per heavy atom. The fourth-order valence-corrected chi connectivity index (χ4v) is 7.64. The molecule has 1 heterocycles. The highest BCUT2D eigenvalue weighted by Crippen LogP contribution is 2.70. The summed E-state index contributed by atoms with van der Waals surface area (Å²) in [5.41, 5.74) is 3.24. The van der Waals surface area contributed by atoms with Crippen molar-refractivity contribution in [2.75, 3.05) is 6.54 Å². The minimum Gasteiger partial charge on any atom is -0.487 e. The van der Waals surface area contributed by atoms with E-state index in [2.05, 4.69) is 4.72 Å². The van der Waals surface area contributed by atoms with E-state index in [-0.39, 0.29) is 24.8 Å². The molecule has 2 atom stereocenters. The Morgan fingerprint density at radius 1 is 1.12 bits per heavy atom. The summed E-state index contributed by atoms with van der Waals surface area (Å²) < 4.78 is 32.7. The Bertz CT molecular complexity index is 1210. The van der Waals surface area contributed by atoms with E-state index in [1.807, 2.05) is 50.2 Å². The van der Waals surface area contributed by atoms with Crippen LogP contribution in [0.5, 0.6) is 5.75 Å². The number of para-hydroxylation sites is 1. The van der Waals surface area contributed by atoms with Gasteiger partial charge in [-0.2, -0.15) is 0 Å². The van der Waals surface area contributed by atoms with Crippen molar-refractivity contribution < 1.29 is 23.7 Å². The smallest absolute Gasteiger partial charge is 0.304 e. The molecule has 4 N–H and O–H groups in total. The zero-order valence-corrected chi connectivity index (χ0v) is 20.8. The summed E-state index contributed by atoms with van der Waals surface area (Å²) in [5, 5.41) is 10.1. The number of aryl methyl sites for hydroxylation is 1. The fraction of sp³-hybridized carbons (Fsp3) is 0.269. The Kier molecular flexibility index (Phi) is 6.68. The summed E-state index contributed by atoms with van der Waals surface area (Å²) >= 11 is 6.03. The van der Waals surface area contributed by atoms with Gasteiger partial charge in [0.2, 0.25) is 0 Å². The third-order valence-corrected chi connectivity index (χ3v) is 9.73. The van der Waals surface area contributed by atoms with Gasteiger partial charge in [0.25, 0.3) is 0 Å². The van der Waals surface area contributed by atoms with Gasteiger partial charge in [0.15, 0.2) is 0 Å². The molecule has 34 heavy (non-hydrogen) atoms. The molecule has 1 aliphatic rings. The predicted molar refractivity (Wildman–Crippen MR) is 137 cm³/mol. The van der Waals surface area contributed by atoms with Crippen LogP contribution in [0.3, 0.4) is 0 Å². The summed E-state index contributed by atoms with van der Waals surface area (Å²) in [7, 11) is -4.61. The highest BCUT2D eigenvalue weighted by atomic mass is 35.5. The van der Waals surface area contributed by atoms with E-state index in [0.29, 0.717) is 15.7 Å². The van der Waals surface area contributed by atoms with Crippen LogP contribution in [0.2, 0.25) is 5.02 Å². The van der Waals surface area contributed by atoms with Crippen molar-refractivity contribution in [2.24, 2.45) is 0 Å². The molecular formula is C26H30ClNO5S. The number of benzene rings is 3.